The molecular formula is C14H14N2O5. The van der Waals surface area contributed by atoms with Gasteiger partial charge in [-0.2, -0.15) is 0 Å². The molecule has 0 aliphatic heterocycles. The second-order valence-corrected chi connectivity index (χ2v) is 4.61. The Bertz CT molecular complexity index is 563. The Kier molecular flexibility index (Phi) is 4.65. The van der Waals surface area contributed by atoms with Gasteiger partial charge in [-0.3, -0.25) is 14.9 Å². The summed E-state index contributed by atoms with van der Waals surface area (Å²) in [6.45, 7) is -0.549. The minimum Gasteiger partial charge on any atom is -0.452 e. The molecule has 0 radical (unpaired) electrons. The van der Waals surface area contributed by atoms with Crippen LogP contribution in [0.3, 0.4) is 0 Å². The Morgan fingerprint density at radius 3 is 2.43 bits per heavy atom. The van der Waals surface area contributed by atoms with Gasteiger partial charge in [0.05, 0.1) is 5.56 Å². The van der Waals surface area contributed by atoms with Crippen molar-refractivity contribution >= 4 is 24.2 Å². The molecule has 1 aliphatic carbocycles. The van der Waals surface area contributed by atoms with Gasteiger partial charge >= 0.3 is 12.0 Å². The predicted octanol–water partition coefficient (Wildman–Crippen LogP) is 0.644. The monoisotopic (exact) mass is 290 g/mol. The molecule has 0 atom stereocenters. The fourth-order valence-electron chi connectivity index (χ4n) is 1.52. The first-order chi connectivity index (χ1) is 10.1. The average Bonchev–Trinajstić information content (AvgIpc) is 3.28. The Labute approximate surface area is 120 Å². The lowest BCUT2D eigenvalue weighted by Crippen LogP contribution is -2.42. The quantitative estimate of drug-likeness (QED) is 0.612. The van der Waals surface area contributed by atoms with Gasteiger partial charge in [-0.25, -0.2) is 9.59 Å². The molecule has 2 N–H and O–H groups in total. The first kappa shape index (κ1) is 14.7. The molecule has 0 spiro atoms. The maximum atomic E-state index is 11.6. The molecule has 0 unspecified atom stereocenters. The summed E-state index contributed by atoms with van der Waals surface area (Å²) in [7, 11) is 0. The maximum absolute atomic E-state index is 11.6. The Morgan fingerprint density at radius 1 is 1.19 bits per heavy atom. The van der Waals surface area contributed by atoms with Crippen LogP contribution in [0.25, 0.3) is 0 Å². The summed E-state index contributed by atoms with van der Waals surface area (Å²) in [6.07, 6.45) is 2.47. The van der Waals surface area contributed by atoms with Crippen LogP contribution >= 0.6 is 0 Å². The van der Waals surface area contributed by atoms with Crippen molar-refractivity contribution < 1.29 is 23.9 Å². The molecule has 110 valence electrons. The normalized spacial score (nSPS) is 13.1. The van der Waals surface area contributed by atoms with Crippen molar-refractivity contribution in [3.8, 4) is 0 Å². The van der Waals surface area contributed by atoms with Crippen LogP contribution < -0.4 is 10.6 Å². The number of amides is 3. The van der Waals surface area contributed by atoms with E-state index >= 15 is 0 Å². The van der Waals surface area contributed by atoms with Crippen molar-refractivity contribution in [3.05, 3.63) is 35.4 Å². The number of aldehydes is 1. The molecule has 7 nitrogen and oxygen atoms in total. The highest BCUT2D eigenvalue weighted by molar-refractivity contribution is 5.97. The van der Waals surface area contributed by atoms with E-state index in [-0.39, 0.29) is 11.6 Å². The third kappa shape index (κ3) is 4.72. The number of carbonyl (C=O) groups is 4. The molecule has 7 heteroatoms. The largest absolute Gasteiger partial charge is 0.452 e. The van der Waals surface area contributed by atoms with Gasteiger partial charge in [0.1, 0.15) is 6.29 Å². The van der Waals surface area contributed by atoms with E-state index in [9.17, 15) is 19.2 Å². The third-order valence-electron chi connectivity index (χ3n) is 2.78. The topological polar surface area (TPSA) is 102 Å². The average molecular weight is 290 g/mol. The van der Waals surface area contributed by atoms with Gasteiger partial charge in [0.15, 0.2) is 6.61 Å². The van der Waals surface area contributed by atoms with Gasteiger partial charge in [0.25, 0.3) is 5.91 Å². The minimum atomic E-state index is -0.704. The minimum absolute atomic E-state index is 0.136. The fraction of sp³-hybridized carbons (Fsp3) is 0.286. The smallest absolute Gasteiger partial charge is 0.338 e. The van der Waals surface area contributed by atoms with E-state index in [1.165, 1.54) is 24.3 Å². The Balaban J connectivity index is 1.75. The van der Waals surface area contributed by atoms with Crippen molar-refractivity contribution in [1.82, 2.24) is 10.6 Å². The number of rotatable bonds is 5. The van der Waals surface area contributed by atoms with E-state index < -0.39 is 24.5 Å². The highest BCUT2D eigenvalue weighted by atomic mass is 16.5. The van der Waals surface area contributed by atoms with Crippen molar-refractivity contribution in [2.24, 2.45) is 0 Å². The summed E-state index contributed by atoms with van der Waals surface area (Å²) in [5.41, 5.74) is 0.650. The van der Waals surface area contributed by atoms with Gasteiger partial charge in [0.2, 0.25) is 0 Å². The molecule has 1 aromatic rings. The van der Waals surface area contributed by atoms with Crippen molar-refractivity contribution in [2.45, 2.75) is 18.9 Å². The summed E-state index contributed by atoms with van der Waals surface area (Å²) < 4.78 is 4.77. The number of esters is 1. The first-order valence-corrected chi connectivity index (χ1v) is 6.41. The van der Waals surface area contributed by atoms with E-state index in [1.54, 1.807) is 0 Å². The van der Waals surface area contributed by atoms with E-state index in [2.05, 4.69) is 10.6 Å². The molecule has 1 aromatic carbocycles. The standard InChI is InChI=1S/C14H14N2O5/c17-7-9-1-3-10(4-2-9)13(19)21-8-12(18)16-14(20)15-11-5-6-11/h1-4,7,11H,5-6,8H2,(H2,15,16,18,20). The van der Waals surface area contributed by atoms with Crippen LogP contribution in [-0.4, -0.2) is 36.8 Å². The SMILES string of the molecule is O=Cc1ccc(C(=O)OCC(=O)NC(=O)NC2CC2)cc1. The van der Waals surface area contributed by atoms with E-state index in [1.807, 2.05) is 0 Å². The fourth-order valence-corrected chi connectivity index (χ4v) is 1.52. The first-order valence-electron chi connectivity index (χ1n) is 6.41. The van der Waals surface area contributed by atoms with E-state index in [0.29, 0.717) is 11.8 Å². The van der Waals surface area contributed by atoms with Gasteiger partial charge < -0.3 is 10.1 Å². The van der Waals surface area contributed by atoms with Crippen LogP contribution in [0.15, 0.2) is 24.3 Å². The molecule has 0 bridgehead atoms. The van der Waals surface area contributed by atoms with Gasteiger partial charge in [-0.1, -0.05) is 12.1 Å². The van der Waals surface area contributed by atoms with Gasteiger partial charge in [-0.05, 0) is 25.0 Å². The molecule has 0 heterocycles. The molecule has 21 heavy (non-hydrogen) atoms. The van der Waals surface area contributed by atoms with Crippen LogP contribution in [0.2, 0.25) is 0 Å². The van der Waals surface area contributed by atoms with Crippen LogP contribution in [0.5, 0.6) is 0 Å². The van der Waals surface area contributed by atoms with Crippen LogP contribution in [0.1, 0.15) is 33.6 Å². The Morgan fingerprint density at radius 2 is 1.86 bits per heavy atom. The van der Waals surface area contributed by atoms with Gasteiger partial charge in [0, 0.05) is 11.6 Å². The summed E-state index contributed by atoms with van der Waals surface area (Å²) in [6, 6.07) is 5.32. The zero-order valence-electron chi connectivity index (χ0n) is 11.1. The summed E-state index contributed by atoms with van der Waals surface area (Å²) in [5, 5.41) is 4.64. The van der Waals surface area contributed by atoms with Crippen LogP contribution in [0.4, 0.5) is 4.79 Å². The molecule has 1 fully saturated rings. The number of imide groups is 1. The highest BCUT2D eigenvalue weighted by Crippen LogP contribution is 2.18. The number of benzene rings is 1. The zero-order chi connectivity index (χ0) is 15.2. The van der Waals surface area contributed by atoms with Gasteiger partial charge in [-0.15, -0.1) is 0 Å². The lowest BCUT2D eigenvalue weighted by Gasteiger charge is -2.06. The molecular weight excluding hydrogens is 276 g/mol. The Hall–Kier alpha value is -2.70. The lowest BCUT2D eigenvalue weighted by molar-refractivity contribution is -0.123. The number of nitrogens with one attached hydrogen (secondary N) is 2. The summed E-state index contributed by atoms with van der Waals surface area (Å²) in [5.74, 6) is -1.41. The molecule has 2 rings (SSSR count). The predicted molar refractivity (Wildman–Crippen MR) is 71.8 cm³/mol. The van der Waals surface area contributed by atoms with Crippen molar-refractivity contribution in [1.29, 1.82) is 0 Å². The van der Waals surface area contributed by atoms with Crippen molar-refractivity contribution in [2.75, 3.05) is 6.61 Å². The number of hydrogen-bond donors (Lipinski definition) is 2. The van der Waals surface area contributed by atoms with Crippen LogP contribution in [-0.2, 0) is 9.53 Å². The molecule has 1 aliphatic rings. The number of carbonyl (C=O) groups excluding carboxylic acids is 4. The molecule has 0 saturated heterocycles. The number of ether oxygens (including phenoxy) is 1. The molecule has 3 amide bonds. The second-order valence-electron chi connectivity index (χ2n) is 4.61. The molecule has 0 aromatic heterocycles. The second kappa shape index (κ2) is 6.65. The summed E-state index contributed by atoms with van der Waals surface area (Å²) >= 11 is 0. The third-order valence-corrected chi connectivity index (χ3v) is 2.78. The van der Waals surface area contributed by atoms with Crippen LogP contribution in [0, 0.1) is 0 Å². The van der Waals surface area contributed by atoms with E-state index in [0.717, 1.165) is 12.8 Å². The maximum Gasteiger partial charge on any atom is 0.338 e. The zero-order valence-corrected chi connectivity index (χ0v) is 11.1. The number of urea groups is 1. The molecule has 1 saturated carbocycles. The van der Waals surface area contributed by atoms with E-state index in [4.69, 9.17) is 4.74 Å². The number of hydrogen-bond acceptors (Lipinski definition) is 5. The van der Waals surface area contributed by atoms with Crippen molar-refractivity contribution in [3.63, 3.8) is 0 Å². The lowest BCUT2D eigenvalue weighted by atomic mass is 10.1. The summed E-state index contributed by atoms with van der Waals surface area (Å²) in [4.78, 5) is 44.8. The highest BCUT2D eigenvalue weighted by Gasteiger charge is 2.24.